The summed E-state index contributed by atoms with van der Waals surface area (Å²) in [7, 11) is 0. The van der Waals surface area contributed by atoms with Crippen molar-refractivity contribution in [1.82, 2.24) is 29.3 Å². The zero-order chi connectivity index (χ0) is 16.7. The fraction of sp³-hybridized carbons (Fsp3) is 0.125. The zero-order valence-corrected chi connectivity index (χ0v) is 13.0. The number of H-pyrrole nitrogens is 1. The molecule has 8 heteroatoms. The third kappa shape index (κ3) is 2.34. The Bertz CT molecular complexity index is 1060. The molecular formula is C16H15N7O. The molecule has 4 aromatic rings. The number of nitrogens with one attached hydrogen (secondary N) is 1. The van der Waals surface area contributed by atoms with Crippen LogP contribution >= 0.6 is 0 Å². The third-order valence-electron chi connectivity index (χ3n) is 3.83. The fourth-order valence-corrected chi connectivity index (χ4v) is 2.62. The number of imidazole rings is 1. The second kappa shape index (κ2) is 5.34. The van der Waals surface area contributed by atoms with Gasteiger partial charge in [0, 0.05) is 30.4 Å². The van der Waals surface area contributed by atoms with Crippen LogP contribution in [0.5, 0.6) is 0 Å². The van der Waals surface area contributed by atoms with Crippen LogP contribution in [0.3, 0.4) is 0 Å². The smallest absolute Gasteiger partial charge is 0.326 e. The van der Waals surface area contributed by atoms with Gasteiger partial charge in [-0.1, -0.05) is 6.07 Å². The number of aromatic amines is 1. The van der Waals surface area contributed by atoms with Gasteiger partial charge in [0.15, 0.2) is 11.6 Å². The van der Waals surface area contributed by atoms with Gasteiger partial charge >= 0.3 is 5.69 Å². The van der Waals surface area contributed by atoms with Crippen molar-refractivity contribution < 1.29 is 0 Å². The number of nitrogens with two attached hydrogens (primary N) is 1. The SMILES string of the molecule is Cc1ccc(Cn2c(=O)[nH]c3c(N)nc(-n4cccn4)cc32)cn1. The first-order valence-corrected chi connectivity index (χ1v) is 7.42. The van der Waals surface area contributed by atoms with Crippen LogP contribution in [0.25, 0.3) is 16.9 Å². The molecule has 0 bridgehead atoms. The first-order chi connectivity index (χ1) is 11.6. The molecule has 0 aliphatic carbocycles. The van der Waals surface area contributed by atoms with Gasteiger partial charge in [-0.25, -0.2) is 14.5 Å². The molecule has 0 saturated carbocycles. The molecule has 24 heavy (non-hydrogen) atoms. The highest BCUT2D eigenvalue weighted by Gasteiger charge is 2.13. The second-order valence-electron chi connectivity index (χ2n) is 5.53. The van der Waals surface area contributed by atoms with Gasteiger partial charge in [0.25, 0.3) is 0 Å². The van der Waals surface area contributed by atoms with Crippen molar-refractivity contribution in [2.24, 2.45) is 0 Å². The lowest BCUT2D eigenvalue weighted by molar-refractivity contribution is 0.780. The molecule has 0 saturated heterocycles. The Balaban J connectivity index is 1.87. The zero-order valence-electron chi connectivity index (χ0n) is 13.0. The monoisotopic (exact) mass is 321 g/mol. The summed E-state index contributed by atoms with van der Waals surface area (Å²) in [6, 6.07) is 7.45. The predicted molar refractivity (Wildman–Crippen MR) is 90.0 cm³/mol. The summed E-state index contributed by atoms with van der Waals surface area (Å²) in [5.74, 6) is 0.815. The minimum atomic E-state index is -0.239. The largest absolute Gasteiger partial charge is 0.382 e. The molecule has 0 radical (unpaired) electrons. The average molecular weight is 321 g/mol. The molecule has 0 spiro atoms. The molecule has 120 valence electrons. The van der Waals surface area contributed by atoms with Crippen molar-refractivity contribution in [3.8, 4) is 5.82 Å². The molecule has 0 unspecified atom stereocenters. The maximum absolute atomic E-state index is 12.3. The molecule has 0 atom stereocenters. The van der Waals surface area contributed by atoms with Gasteiger partial charge in [0.05, 0.1) is 12.1 Å². The summed E-state index contributed by atoms with van der Waals surface area (Å²) in [6.45, 7) is 2.32. The molecule has 4 rings (SSSR count). The van der Waals surface area contributed by atoms with Crippen LogP contribution in [0.15, 0.2) is 47.7 Å². The van der Waals surface area contributed by atoms with E-state index in [0.717, 1.165) is 11.3 Å². The highest BCUT2D eigenvalue weighted by atomic mass is 16.1. The summed E-state index contributed by atoms with van der Waals surface area (Å²) in [5, 5.41) is 4.16. The summed E-state index contributed by atoms with van der Waals surface area (Å²) in [6.07, 6.45) is 5.19. The van der Waals surface area contributed by atoms with E-state index >= 15 is 0 Å². The number of pyridine rings is 2. The summed E-state index contributed by atoms with van der Waals surface area (Å²) in [4.78, 5) is 23.7. The van der Waals surface area contributed by atoms with Crippen LogP contribution in [-0.4, -0.2) is 29.3 Å². The fourth-order valence-electron chi connectivity index (χ4n) is 2.62. The van der Waals surface area contributed by atoms with Crippen molar-refractivity contribution in [2.45, 2.75) is 13.5 Å². The minimum absolute atomic E-state index is 0.239. The Hall–Kier alpha value is -3.42. The Morgan fingerprint density at radius 2 is 2.21 bits per heavy atom. The minimum Gasteiger partial charge on any atom is -0.382 e. The molecule has 4 aromatic heterocycles. The van der Waals surface area contributed by atoms with Gasteiger partial charge < -0.3 is 10.7 Å². The van der Waals surface area contributed by atoms with E-state index in [1.165, 1.54) is 0 Å². The number of aryl methyl sites for hydroxylation is 1. The molecule has 0 aliphatic heterocycles. The number of nitrogens with zero attached hydrogens (tertiary/aromatic N) is 5. The van der Waals surface area contributed by atoms with Crippen LogP contribution in [0.2, 0.25) is 0 Å². The number of aromatic nitrogens is 6. The van der Waals surface area contributed by atoms with E-state index in [1.54, 1.807) is 40.0 Å². The van der Waals surface area contributed by atoms with Crippen LogP contribution in [-0.2, 0) is 6.54 Å². The Kier molecular flexibility index (Phi) is 3.16. The Morgan fingerprint density at radius 3 is 2.92 bits per heavy atom. The molecule has 0 aliphatic rings. The lowest BCUT2D eigenvalue weighted by atomic mass is 10.2. The third-order valence-corrected chi connectivity index (χ3v) is 3.83. The van der Waals surface area contributed by atoms with Gasteiger partial charge in [0.1, 0.15) is 5.52 Å². The number of hydrogen-bond acceptors (Lipinski definition) is 5. The number of nitrogen functional groups attached to an aromatic ring is 1. The molecule has 0 aromatic carbocycles. The van der Waals surface area contributed by atoms with Gasteiger partial charge in [-0.15, -0.1) is 0 Å². The van der Waals surface area contributed by atoms with Gasteiger partial charge in [-0.2, -0.15) is 5.10 Å². The second-order valence-corrected chi connectivity index (χ2v) is 5.53. The quantitative estimate of drug-likeness (QED) is 0.590. The maximum Gasteiger partial charge on any atom is 0.326 e. The highest BCUT2D eigenvalue weighted by molar-refractivity contribution is 5.86. The number of hydrogen-bond donors (Lipinski definition) is 2. The van der Waals surface area contributed by atoms with E-state index in [1.807, 2.05) is 19.1 Å². The molecule has 8 nitrogen and oxygen atoms in total. The normalized spacial score (nSPS) is 11.2. The average Bonchev–Trinajstić information content (AvgIpc) is 3.19. The summed E-state index contributed by atoms with van der Waals surface area (Å²) < 4.78 is 3.22. The van der Waals surface area contributed by atoms with E-state index in [0.29, 0.717) is 23.4 Å². The lowest BCUT2D eigenvalue weighted by Crippen LogP contribution is -2.17. The summed E-state index contributed by atoms with van der Waals surface area (Å²) >= 11 is 0. The first-order valence-electron chi connectivity index (χ1n) is 7.42. The molecular weight excluding hydrogens is 306 g/mol. The van der Waals surface area contributed by atoms with E-state index in [4.69, 9.17) is 5.73 Å². The molecule has 0 fully saturated rings. The number of rotatable bonds is 3. The van der Waals surface area contributed by atoms with Crippen LogP contribution in [0.4, 0.5) is 5.82 Å². The van der Waals surface area contributed by atoms with Crippen molar-refractivity contribution in [3.63, 3.8) is 0 Å². The van der Waals surface area contributed by atoms with Crippen molar-refractivity contribution in [2.75, 3.05) is 5.73 Å². The van der Waals surface area contributed by atoms with Crippen molar-refractivity contribution >= 4 is 16.9 Å². The van der Waals surface area contributed by atoms with E-state index in [-0.39, 0.29) is 11.5 Å². The lowest BCUT2D eigenvalue weighted by Gasteiger charge is -2.07. The predicted octanol–water partition coefficient (Wildman–Crippen LogP) is 1.24. The van der Waals surface area contributed by atoms with Gasteiger partial charge in [0.2, 0.25) is 0 Å². The Labute approximate surface area is 136 Å². The van der Waals surface area contributed by atoms with E-state index in [2.05, 4.69) is 20.1 Å². The van der Waals surface area contributed by atoms with Crippen molar-refractivity contribution in [1.29, 1.82) is 0 Å². The van der Waals surface area contributed by atoms with Gasteiger partial charge in [-0.05, 0) is 24.6 Å². The topological polar surface area (TPSA) is 107 Å². The molecule has 0 amide bonds. The summed E-state index contributed by atoms with van der Waals surface area (Å²) in [5.41, 5.74) is 8.83. The maximum atomic E-state index is 12.3. The van der Waals surface area contributed by atoms with E-state index < -0.39 is 0 Å². The van der Waals surface area contributed by atoms with Crippen molar-refractivity contribution in [3.05, 3.63) is 64.6 Å². The standard InChI is InChI=1S/C16H15N7O/c1-10-3-4-11(8-18-10)9-22-12-7-13(23-6-2-5-19-23)20-15(17)14(12)21-16(22)24/h2-8H,9H2,1H3,(H2,17,20)(H,21,24). The highest BCUT2D eigenvalue weighted by Crippen LogP contribution is 2.20. The number of anilines is 1. The molecule has 4 heterocycles. The van der Waals surface area contributed by atoms with E-state index in [9.17, 15) is 4.79 Å². The van der Waals surface area contributed by atoms with Gasteiger partial charge in [-0.3, -0.25) is 9.55 Å². The van der Waals surface area contributed by atoms with Crippen LogP contribution in [0, 0.1) is 6.92 Å². The van der Waals surface area contributed by atoms with Crippen LogP contribution in [0.1, 0.15) is 11.3 Å². The molecule has 3 N–H and O–H groups in total. The number of fused-ring (bicyclic) bond motifs is 1. The Morgan fingerprint density at radius 1 is 1.33 bits per heavy atom. The van der Waals surface area contributed by atoms with Crippen LogP contribution < -0.4 is 11.4 Å². The first kappa shape index (κ1) is 14.2.